The molecule has 5 fully saturated rings. The van der Waals surface area contributed by atoms with Crippen LogP contribution < -0.4 is 4.74 Å². The maximum absolute atomic E-state index is 11.3. The Kier molecular flexibility index (Phi) is 4.96. The second-order valence-electron chi connectivity index (χ2n) is 9.92. The molecule has 2 heterocycles. The first-order valence-electron chi connectivity index (χ1n) is 11.2. The van der Waals surface area contributed by atoms with Gasteiger partial charge in [-0.15, -0.1) is 0 Å². The van der Waals surface area contributed by atoms with Crippen LogP contribution in [-0.4, -0.2) is 17.7 Å². The maximum Gasteiger partial charge on any atom is 0.308 e. The Morgan fingerprint density at radius 2 is 1.86 bits per heavy atom. The molecule has 0 amide bonds. The predicted molar refractivity (Wildman–Crippen MR) is 106 cm³/mol. The summed E-state index contributed by atoms with van der Waals surface area (Å²) >= 11 is 0. The van der Waals surface area contributed by atoms with E-state index in [-0.39, 0.29) is 11.6 Å². The van der Waals surface area contributed by atoms with Gasteiger partial charge in [-0.25, -0.2) is 9.78 Å². The van der Waals surface area contributed by atoms with Crippen LogP contribution >= 0.6 is 0 Å². The zero-order valence-electron chi connectivity index (χ0n) is 16.9. The molecule has 28 heavy (non-hydrogen) atoms. The molecule has 4 heteroatoms. The normalized spacial score (nSPS) is 40.0. The van der Waals surface area contributed by atoms with Crippen LogP contribution in [0.5, 0.6) is 5.75 Å². The highest BCUT2D eigenvalue weighted by Gasteiger charge is 2.47. The average Bonchev–Trinajstić information content (AvgIpc) is 2.72. The number of esters is 1. The van der Waals surface area contributed by atoms with Gasteiger partial charge in [0.05, 0.1) is 6.10 Å². The second-order valence-corrected chi connectivity index (χ2v) is 9.92. The summed E-state index contributed by atoms with van der Waals surface area (Å²) in [6.07, 6.45) is 12.4. The Morgan fingerprint density at radius 3 is 2.64 bits per heavy atom. The lowest BCUT2D eigenvalue weighted by atomic mass is 9.63. The summed E-state index contributed by atoms with van der Waals surface area (Å²) in [4.78, 5) is 23.8. The lowest BCUT2D eigenvalue weighted by Crippen LogP contribution is -2.40. The van der Waals surface area contributed by atoms with Crippen LogP contribution in [0.25, 0.3) is 0 Å². The lowest BCUT2D eigenvalue weighted by molar-refractivity contribution is -0.394. The quantitative estimate of drug-likeness (QED) is 0.381. The number of hydrogen-bond acceptors (Lipinski definition) is 4. The van der Waals surface area contributed by atoms with Crippen LogP contribution in [0, 0.1) is 17.8 Å². The fraction of sp³-hybridized carbons (Fsp3) is 0.708. The van der Waals surface area contributed by atoms with E-state index in [1.165, 1.54) is 44.6 Å². The van der Waals surface area contributed by atoms with Crippen molar-refractivity contribution in [3.8, 4) is 5.75 Å². The third-order valence-electron chi connectivity index (χ3n) is 7.61. The van der Waals surface area contributed by atoms with E-state index in [4.69, 9.17) is 14.5 Å². The van der Waals surface area contributed by atoms with Crippen molar-refractivity contribution in [1.82, 2.24) is 0 Å². The third-order valence-corrected chi connectivity index (χ3v) is 7.61. The molecule has 3 aliphatic carbocycles. The fourth-order valence-corrected chi connectivity index (χ4v) is 6.77. The molecule has 0 N–H and O–H groups in total. The number of carbonyl (C=O) groups is 1. The first-order chi connectivity index (χ1) is 13.6. The van der Waals surface area contributed by atoms with Gasteiger partial charge in [0.15, 0.2) is 0 Å². The minimum absolute atomic E-state index is 0.148. The van der Waals surface area contributed by atoms with Crippen molar-refractivity contribution in [1.29, 1.82) is 0 Å². The van der Waals surface area contributed by atoms with Gasteiger partial charge < -0.3 is 4.74 Å². The van der Waals surface area contributed by atoms with Gasteiger partial charge in [0.2, 0.25) is 0 Å². The molecule has 4 nitrogen and oxygen atoms in total. The maximum atomic E-state index is 11.3. The molecule has 4 bridgehead atoms. The Labute approximate surface area is 167 Å². The van der Waals surface area contributed by atoms with E-state index < -0.39 is 0 Å². The summed E-state index contributed by atoms with van der Waals surface area (Å²) in [6.45, 7) is 1.45. The summed E-state index contributed by atoms with van der Waals surface area (Å²) in [5, 5.41) is 0. The number of benzene rings is 1. The van der Waals surface area contributed by atoms with E-state index in [2.05, 4.69) is 6.07 Å². The van der Waals surface area contributed by atoms with Gasteiger partial charge >= 0.3 is 5.97 Å². The molecule has 1 spiro atoms. The van der Waals surface area contributed by atoms with Crippen molar-refractivity contribution in [2.24, 2.45) is 17.8 Å². The van der Waals surface area contributed by atoms with Gasteiger partial charge in [-0.1, -0.05) is 12.1 Å². The van der Waals surface area contributed by atoms with Gasteiger partial charge in [0.1, 0.15) is 11.4 Å². The Balaban J connectivity index is 1.36. The number of rotatable bonds is 2. The molecule has 3 saturated carbocycles. The van der Waals surface area contributed by atoms with Crippen molar-refractivity contribution >= 4 is 5.97 Å². The molecule has 2 aliphatic heterocycles. The molecule has 2 saturated heterocycles. The molecule has 5 aliphatic rings. The second kappa shape index (κ2) is 7.46. The number of fused-ring (bicyclic) bond motifs is 1. The Bertz CT molecular complexity index is 717. The lowest BCUT2D eigenvalue weighted by Gasteiger charge is -2.43. The Morgan fingerprint density at radius 1 is 1.07 bits per heavy atom. The summed E-state index contributed by atoms with van der Waals surface area (Å²) < 4.78 is 5.31. The van der Waals surface area contributed by atoms with E-state index in [1.807, 2.05) is 18.2 Å². The van der Waals surface area contributed by atoms with Gasteiger partial charge in [0.25, 0.3) is 0 Å². The largest absolute Gasteiger partial charge is 0.427 e. The molecule has 0 aromatic heterocycles. The molecule has 0 radical (unpaired) electrons. The zero-order chi connectivity index (χ0) is 19.1. The zero-order valence-corrected chi connectivity index (χ0v) is 16.9. The summed E-state index contributed by atoms with van der Waals surface area (Å²) in [5.74, 6) is 3.30. The Hall–Kier alpha value is -1.39. The molecule has 1 aromatic rings. The third kappa shape index (κ3) is 3.86. The fourth-order valence-electron chi connectivity index (χ4n) is 6.77. The number of ether oxygens (including phenoxy) is 1. The standard InChI is InChI=1S/C24H32O4/c1-16(25)26-22-6-2-4-20(13-22)21-5-3-7-24(15-21)14-19-9-17-8-18(10-19)12-23(11-17)27-28-24/h2,4,6,13,17-19,21,23H,3,5,7-12,14-15H2,1H3/t17?,18?,19?,21-,23?,24+/m1/s1. The summed E-state index contributed by atoms with van der Waals surface area (Å²) in [5.41, 5.74) is 1.11. The van der Waals surface area contributed by atoms with Gasteiger partial charge in [-0.05, 0) is 106 Å². The van der Waals surface area contributed by atoms with Crippen LogP contribution in [-0.2, 0) is 14.6 Å². The van der Waals surface area contributed by atoms with Crippen LogP contribution in [0.15, 0.2) is 24.3 Å². The highest BCUT2D eigenvalue weighted by atomic mass is 17.2. The summed E-state index contributed by atoms with van der Waals surface area (Å²) in [7, 11) is 0. The average molecular weight is 385 g/mol. The number of carbonyl (C=O) groups excluding carboxylic acids is 1. The molecule has 6 rings (SSSR count). The first kappa shape index (κ1) is 18.6. The first-order valence-corrected chi connectivity index (χ1v) is 11.2. The van der Waals surface area contributed by atoms with Crippen LogP contribution in [0.3, 0.4) is 0 Å². The van der Waals surface area contributed by atoms with Crippen molar-refractivity contribution in [2.75, 3.05) is 0 Å². The highest BCUT2D eigenvalue weighted by Crippen LogP contribution is 2.52. The van der Waals surface area contributed by atoms with Crippen molar-refractivity contribution in [3.63, 3.8) is 0 Å². The molecule has 1 aromatic carbocycles. The van der Waals surface area contributed by atoms with E-state index in [0.717, 1.165) is 49.9 Å². The van der Waals surface area contributed by atoms with Gasteiger partial charge in [0, 0.05) is 6.92 Å². The minimum Gasteiger partial charge on any atom is -0.427 e. The highest BCUT2D eigenvalue weighted by molar-refractivity contribution is 5.69. The predicted octanol–water partition coefficient (Wildman–Crippen LogP) is 5.56. The van der Waals surface area contributed by atoms with Gasteiger partial charge in [-0.2, -0.15) is 0 Å². The van der Waals surface area contributed by atoms with Gasteiger partial charge in [-0.3, -0.25) is 4.79 Å². The van der Waals surface area contributed by atoms with E-state index in [9.17, 15) is 4.79 Å². The van der Waals surface area contributed by atoms with Crippen LogP contribution in [0.1, 0.15) is 82.6 Å². The molecule has 2 unspecified atom stereocenters. The van der Waals surface area contributed by atoms with E-state index >= 15 is 0 Å². The molecular formula is C24H32O4. The monoisotopic (exact) mass is 384 g/mol. The molecule has 4 atom stereocenters. The topological polar surface area (TPSA) is 44.8 Å². The molecule has 152 valence electrons. The van der Waals surface area contributed by atoms with Crippen molar-refractivity contribution in [2.45, 2.75) is 88.8 Å². The van der Waals surface area contributed by atoms with E-state index in [0.29, 0.717) is 17.8 Å². The summed E-state index contributed by atoms with van der Waals surface area (Å²) in [6, 6.07) is 8.06. The van der Waals surface area contributed by atoms with Crippen molar-refractivity contribution < 1.29 is 19.3 Å². The van der Waals surface area contributed by atoms with Crippen molar-refractivity contribution in [3.05, 3.63) is 29.8 Å². The number of hydrogen-bond donors (Lipinski definition) is 0. The van der Waals surface area contributed by atoms with Crippen LogP contribution in [0.2, 0.25) is 0 Å². The van der Waals surface area contributed by atoms with Crippen LogP contribution in [0.4, 0.5) is 0 Å². The SMILES string of the molecule is CC(=O)Oc1cccc([C@@H]2CCC[C@]3(CC4CC5CC(C4)CC(C5)OO3)C2)c1. The minimum atomic E-state index is -0.267. The molecular weight excluding hydrogens is 352 g/mol. The van der Waals surface area contributed by atoms with E-state index in [1.54, 1.807) is 0 Å². The smallest absolute Gasteiger partial charge is 0.308 e.